The van der Waals surface area contributed by atoms with Crippen LogP contribution in [0.25, 0.3) is 153 Å². The van der Waals surface area contributed by atoms with Crippen LogP contribution in [0.4, 0.5) is 34.1 Å². The lowest BCUT2D eigenvalue weighted by molar-refractivity contribution is 0.669. The summed E-state index contributed by atoms with van der Waals surface area (Å²) in [5, 5.41) is 22.0. The molecular formula is C90H53BN4O. The molecule has 0 saturated heterocycles. The summed E-state index contributed by atoms with van der Waals surface area (Å²) in [5.41, 5.74) is 21.1. The van der Waals surface area contributed by atoms with Crippen molar-refractivity contribution in [1.29, 1.82) is 0 Å². The zero-order chi connectivity index (χ0) is 62.4. The first-order chi connectivity index (χ1) is 47.6. The Kier molecular flexibility index (Phi) is 10.5. The normalized spacial score (nSPS) is 12.9. The second-order valence-electron chi connectivity index (χ2n) is 26.2. The Balaban J connectivity index is 0.887. The van der Waals surface area contributed by atoms with Gasteiger partial charge in [-0.2, -0.15) is 0 Å². The Bertz CT molecular complexity index is 6300. The first-order valence-electron chi connectivity index (χ1n) is 33.2. The maximum absolute atomic E-state index is 6.79. The third kappa shape index (κ3) is 7.14. The van der Waals surface area contributed by atoms with Gasteiger partial charge in [-0.3, -0.25) is 0 Å². The predicted octanol–water partition coefficient (Wildman–Crippen LogP) is 22.4. The molecule has 2 aliphatic rings. The zero-order valence-corrected chi connectivity index (χ0v) is 51.9. The minimum absolute atomic E-state index is 0.200. The number of furan rings is 1. The smallest absolute Gasteiger partial charge is 0.252 e. The quantitative estimate of drug-likeness (QED) is 0.127. The van der Waals surface area contributed by atoms with Crippen molar-refractivity contribution >= 4 is 187 Å². The zero-order valence-electron chi connectivity index (χ0n) is 51.9. The third-order valence-electron chi connectivity index (χ3n) is 21.4. The second kappa shape index (κ2) is 19.5. The fraction of sp³-hybridized carbons (Fsp3) is 0. The molecule has 442 valence electrons. The average Bonchev–Trinajstić information content (AvgIpc) is 0.768. The molecule has 0 aliphatic carbocycles. The summed E-state index contributed by atoms with van der Waals surface area (Å²) in [5.74, 6) is 0. The van der Waals surface area contributed by atoms with E-state index in [4.69, 9.17) is 4.42 Å². The van der Waals surface area contributed by atoms with Crippen LogP contribution in [-0.2, 0) is 0 Å². The van der Waals surface area contributed by atoms with Gasteiger partial charge in [0.15, 0.2) is 0 Å². The molecular weight excluding hydrogens is 1160 g/mol. The monoisotopic (exact) mass is 1220 g/mol. The highest BCUT2D eigenvalue weighted by molar-refractivity contribution is 7.00. The molecule has 0 radical (unpaired) electrons. The van der Waals surface area contributed by atoms with Crippen LogP contribution in [0.15, 0.2) is 326 Å². The minimum Gasteiger partial charge on any atom is -0.456 e. The van der Waals surface area contributed by atoms with Crippen LogP contribution in [0.2, 0.25) is 0 Å². The number of fused-ring (bicyclic) bond motifs is 25. The lowest BCUT2D eigenvalue weighted by Gasteiger charge is -2.45. The Morgan fingerprint density at radius 2 is 0.531 bits per heavy atom. The van der Waals surface area contributed by atoms with Gasteiger partial charge in [0, 0.05) is 77.8 Å². The van der Waals surface area contributed by atoms with E-state index in [0.29, 0.717) is 0 Å². The van der Waals surface area contributed by atoms with Gasteiger partial charge in [-0.05, 0) is 195 Å². The molecule has 0 saturated carbocycles. The summed E-state index contributed by atoms with van der Waals surface area (Å²) < 4.78 is 11.7. The van der Waals surface area contributed by atoms with Gasteiger partial charge in [-0.1, -0.05) is 218 Å². The molecule has 0 fully saturated rings. The largest absolute Gasteiger partial charge is 0.456 e. The van der Waals surface area contributed by atoms with Crippen LogP contribution in [-0.4, -0.2) is 15.8 Å². The maximum Gasteiger partial charge on any atom is 0.252 e. The van der Waals surface area contributed by atoms with Crippen molar-refractivity contribution in [2.24, 2.45) is 0 Å². The first-order valence-corrected chi connectivity index (χ1v) is 33.2. The molecule has 5 heterocycles. The Hall–Kier alpha value is -12.6. The first kappa shape index (κ1) is 51.9. The number of hydrogen-bond donors (Lipinski definition) is 0. The number of hydrogen-bond acceptors (Lipinski definition) is 3. The molecule has 3 aromatic heterocycles. The van der Waals surface area contributed by atoms with Crippen molar-refractivity contribution in [3.05, 3.63) is 322 Å². The van der Waals surface area contributed by atoms with Crippen LogP contribution in [0.3, 0.4) is 0 Å². The van der Waals surface area contributed by atoms with Gasteiger partial charge in [-0.25, -0.2) is 0 Å². The van der Waals surface area contributed by atoms with E-state index in [0.717, 1.165) is 78.6 Å². The summed E-state index contributed by atoms with van der Waals surface area (Å²) in [7, 11) is 0. The fourth-order valence-corrected chi connectivity index (χ4v) is 17.3. The van der Waals surface area contributed by atoms with Gasteiger partial charge in [0.1, 0.15) is 11.2 Å². The van der Waals surface area contributed by atoms with Gasteiger partial charge in [0.05, 0.1) is 22.1 Å². The fourth-order valence-electron chi connectivity index (χ4n) is 17.3. The highest BCUT2D eigenvalue weighted by atomic mass is 16.3. The van der Waals surface area contributed by atoms with E-state index in [1.165, 1.54) is 125 Å². The van der Waals surface area contributed by atoms with E-state index in [9.17, 15) is 0 Å². The van der Waals surface area contributed by atoms with Gasteiger partial charge in [0.2, 0.25) is 0 Å². The second-order valence-corrected chi connectivity index (χ2v) is 26.2. The van der Waals surface area contributed by atoms with E-state index in [1.54, 1.807) is 0 Å². The topological polar surface area (TPSA) is 29.5 Å². The summed E-state index contributed by atoms with van der Waals surface area (Å²) in [6, 6.07) is 121. The number of rotatable bonds is 5. The molecule has 0 unspecified atom stereocenters. The van der Waals surface area contributed by atoms with Crippen molar-refractivity contribution in [3.8, 4) is 22.5 Å². The number of anilines is 6. The van der Waals surface area contributed by atoms with Crippen LogP contribution < -0.4 is 26.2 Å². The van der Waals surface area contributed by atoms with Crippen molar-refractivity contribution in [2.45, 2.75) is 0 Å². The molecule has 0 atom stereocenters. The van der Waals surface area contributed by atoms with Crippen molar-refractivity contribution in [1.82, 2.24) is 9.13 Å². The van der Waals surface area contributed by atoms with E-state index in [1.807, 2.05) is 0 Å². The lowest BCUT2D eigenvalue weighted by atomic mass is 9.33. The van der Waals surface area contributed by atoms with Gasteiger partial charge in [0.25, 0.3) is 6.71 Å². The maximum atomic E-state index is 6.79. The Morgan fingerprint density at radius 1 is 0.208 bits per heavy atom. The number of benzene rings is 17. The van der Waals surface area contributed by atoms with Crippen molar-refractivity contribution in [3.63, 3.8) is 0 Å². The molecule has 0 spiro atoms. The molecule has 5 nitrogen and oxygen atoms in total. The molecule has 17 aromatic carbocycles. The molecule has 6 heteroatoms. The third-order valence-corrected chi connectivity index (χ3v) is 21.4. The van der Waals surface area contributed by atoms with E-state index < -0.39 is 0 Å². The van der Waals surface area contributed by atoms with E-state index in [-0.39, 0.29) is 6.71 Å². The van der Waals surface area contributed by atoms with Crippen LogP contribution in [0.5, 0.6) is 0 Å². The molecule has 2 aliphatic heterocycles. The molecule has 0 N–H and O–H groups in total. The standard InChI is InChI=1S/C90H53BN4O/c1-3-23-64-60(19-1)62-21-5-7-25-66(62)76-50-56(38-43-68(64)76)94-84-52-58(92-80-32-14-9-27-70(80)71-28-10-15-33-81(71)92)40-45-78(84)91-79-46-41-59(93-82-34-16-11-29-72(82)73-30-12-17-35-83(73)93)53-85(79)95(57-39-44-69-65-24-4-2-20-61(65)63-22-6-8-26-67(63)77(69)51-57)87-48-55(47-86(94)90(87)91)54-37-42-75-74-31-13-18-36-88(74)96-89(75)49-54/h1-53H. The summed E-state index contributed by atoms with van der Waals surface area (Å²) in [6.45, 7) is -0.200. The van der Waals surface area contributed by atoms with E-state index >= 15 is 0 Å². The predicted molar refractivity (Wildman–Crippen MR) is 407 cm³/mol. The van der Waals surface area contributed by atoms with Crippen molar-refractivity contribution in [2.75, 3.05) is 9.80 Å². The molecule has 20 aromatic rings. The molecule has 0 bridgehead atoms. The van der Waals surface area contributed by atoms with E-state index in [2.05, 4.69) is 340 Å². The van der Waals surface area contributed by atoms with Crippen LogP contribution in [0.1, 0.15) is 0 Å². The number of aromatic nitrogens is 2. The van der Waals surface area contributed by atoms with Gasteiger partial charge in [-0.15, -0.1) is 0 Å². The Labute approximate surface area is 551 Å². The number of para-hydroxylation sites is 5. The van der Waals surface area contributed by atoms with Crippen molar-refractivity contribution < 1.29 is 4.42 Å². The summed E-state index contributed by atoms with van der Waals surface area (Å²) in [6.07, 6.45) is 0. The summed E-state index contributed by atoms with van der Waals surface area (Å²) >= 11 is 0. The Morgan fingerprint density at radius 3 is 0.948 bits per heavy atom. The van der Waals surface area contributed by atoms with Crippen LogP contribution in [0, 0.1) is 0 Å². The lowest BCUT2D eigenvalue weighted by Crippen LogP contribution is -2.61. The van der Waals surface area contributed by atoms with Gasteiger partial charge < -0.3 is 23.4 Å². The SMILES string of the molecule is c1ccc2c(c1)oc1cc(-c3cc4c5c(c3)N(c3ccc6c7ccccc7c7ccccc7c6c3)c3cc(-n6c7ccccc7c7ccccc76)ccc3B5c3ccc(-n5c6ccccc6c6ccccc65)cc3N4c3ccc4c5ccccc5c5ccccc5c4c3)ccc12. The highest BCUT2D eigenvalue weighted by Gasteiger charge is 2.44. The highest BCUT2D eigenvalue weighted by Crippen LogP contribution is 2.51. The number of nitrogens with zero attached hydrogens (tertiary/aromatic N) is 4. The molecule has 22 rings (SSSR count). The molecule has 96 heavy (non-hydrogen) atoms. The summed E-state index contributed by atoms with van der Waals surface area (Å²) in [4.78, 5) is 5.23. The van der Waals surface area contributed by atoms with Gasteiger partial charge >= 0.3 is 0 Å². The average molecular weight is 1220 g/mol. The minimum atomic E-state index is -0.200. The molecule has 0 amide bonds. The van der Waals surface area contributed by atoms with Crippen LogP contribution >= 0.6 is 0 Å².